The zero-order chi connectivity index (χ0) is 44.0. The first kappa shape index (κ1) is 43.7. The van der Waals surface area contributed by atoms with Crippen LogP contribution in [-0.2, 0) is 42.3 Å². The summed E-state index contributed by atoms with van der Waals surface area (Å²) in [6.07, 6.45) is -1.12. The van der Waals surface area contributed by atoms with E-state index in [1.165, 1.54) is 0 Å². The number of ether oxygens (including phenoxy) is 1. The molecule has 61 heavy (non-hydrogen) atoms. The van der Waals surface area contributed by atoms with Gasteiger partial charge in [-0.05, 0) is 69.7 Å². The topological polar surface area (TPSA) is 222 Å². The number of benzene rings is 2. The van der Waals surface area contributed by atoms with Crippen molar-refractivity contribution < 1.29 is 42.2 Å². The third-order valence-electron chi connectivity index (χ3n) is 9.69. The Morgan fingerprint density at radius 3 is 1.90 bits per heavy atom. The number of primary amides is 1. The number of aryl methyl sites for hydroxylation is 4. The van der Waals surface area contributed by atoms with Crippen molar-refractivity contribution in [3.63, 3.8) is 0 Å². The molecule has 0 bridgehead atoms. The average Bonchev–Trinajstić information content (AvgIpc) is 3.99. The molecule has 1 saturated heterocycles. The summed E-state index contributed by atoms with van der Waals surface area (Å²) in [6, 6.07) is 14.6. The molecule has 4 aromatic heterocycles. The molecule has 0 saturated carbocycles. The van der Waals surface area contributed by atoms with Crippen molar-refractivity contribution in [1.82, 2.24) is 43.6 Å². The van der Waals surface area contributed by atoms with Gasteiger partial charge in [0, 0.05) is 51.4 Å². The van der Waals surface area contributed by atoms with Gasteiger partial charge in [0.05, 0.1) is 46.7 Å². The lowest BCUT2D eigenvalue weighted by atomic mass is 10.1. The first-order chi connectivity index (χ1) is 29.1. The molecule has 0 spiro atoms. The van der Waals surface area contributed by atoms with Gasteiger partial charge in [-0.3, -0.25) is 39.3 Å². The van der Waals surface area contributed by atoms with Crippen LogP contribution in [0.3, 0.4) is 0 Å². The van der Waals surface area contributed by atoms with Gasteiger partial charge in [0.15, 0.2) is 0 Å². The van der Waals surface area contributed by atoms with Crippen LogP contribution in [0.25, 0.3) is 22.1 Å². The van der Waals surface area contributed by atoms with Crippen LogP contribution in [0.4, 0.5) is 25.1 Å². The number of imidazole rings is 2. The van der Waals surface area contributed by atoms with E-state index in [9.17, 15) is 27.6 Å². The molecule has 1 aliphatic rings. The lowest BCUT2D eigenvalue weighted by molar-refractivity contribution is -0.192. The summed E-state index contributed by atoms with van der Waals surface area (Å²) in [5.41, 5.74) is 12.2. The van der Waals surface area contributed by atoms with Crippen LogP contribution in [0.2, 0.25) is 0 Å². The smallest absolute Gasteiger partial charge is 0.475 e. The van der Waals surface area contributed by atoms with Gasteiger partial charge in [0.2, 0.25) is 17.8 Å². The van der Waals surface area contributed by atoms with Crippen molar-refractivity contribution in [2.24, 2.45) is 5.73 Å². The van der Waals surface area contributed by atoms with E-state index in [0.29, 0.717) is 85.8 Å². The van der Waals surface area contributed by atoms with Crippen molar-refractivity contribution in [3.8, 4) is 0 Å². The largest absolute Gasteiger partial charge is 0.490 e. The van der Waals surface area contributed by atoms with E-state index in [1.807, 2.05) is 61.1 Å². The maximum absolute atomic E-state index is 13.6. The predicted molar refractivity (Wildman–Crippen MR) is 218 cm³/mol. The van der Waals surface area contributed by atoms with E-state index < -0.39 is 18.1 Å². The lowest BCUT2D eigenvalue weighted by Crippen LogP contribution is -2.35. The summed E-state index contributed by atoms with van der Waals surface area (Å²) < 4.78 is 44.5. The molecule has 322 valence electrons. The van der Waals surface area contributed by atoms with E-state index in [-0.39, 0.29) is 11.8 Å². The summed E-state index contributed by atoms with van der Waals surface area (Å²) in [5.74, 6) is -3.26. The summed E-state index contributed by atoms with van der Waals surface area (Å²) >= 11 is 0. The molecule has 3 amide bonds. The quantitative estimate of drug-likeness (QED) is 0.116. The van der Waals surface area contributed by atoms with Crippen LogP contribution in [0.1, 0.15) is 62.1 Å². The fraction of sp³-hybridized carbons (Fsp3) is 0.350. The van der Waals surface area contributed by atoms with Crippen LogP contribution in [0.5, 0.6) is 0 Å². The monoisotopic (exact) mass is 846 g/mol. The van der Waals surface area contributed by atoms with Crippen LogP contribution in [0.15, 0.2) is 60.7 Å². The number of para-hydroxylation sites is 1. The Balaban J connectivity index is 0.000000819. The Labute approximate surface area is 346 Å². The van der Waals surface area contributed by atoms with Gasteiger partial charge in [-0.1, -0.05) is 24.3 Å². The highest BCUT2D eigenvalue weighted by atomic mass is 19.4. The van der Waals surface area contributed by atoms with Crippen LogP contribution >= 0.6 is 0 Å². The second kappa shape index (κ2) is 18.6. The number of allylic oxidation sites excluding steroid dienone is 2. The van der Waals surface area contributed by atoms with Gasteiger partial charge in [-0.25, -0.2) is 14.8 Å². The van der Waals surface area contributed by atoms with Gasteiger partial charge in [0.1, 0.15) is 11.4 Å². The number of nitrogens with two attached hydrogens (primary N) is 1. The molecule has 1 fully saturated rings. The Morgan fingerprint density at radius 1 is 0.820 bits per heavy atom. The van der Waals surface area contributed by atoms with E-state index >= 15 is 0 Å². The minimum Gasteiger partial charge on any atom is -0.475 e. The molecule has 21 heteroatoms. The van der Waals surface area contributed by atoms with Crippen LogP contribution in [0, 0.1) is 13.8 Å². The Kier molecular flexibility index (Phi) is 13.3. The van der Waals surface area contributed by atoms with Crippen molar-refractivity contribution in [2.75, 3.05) is 36.9 Å². The fourth-order valence-corrected chi connectivity index (χ4v) is 6.85. The number of morpholine rings is 1. The number of alkyl halides is 3. The summed E-state index contributed by atoms with van der Waals surface area (Å²) in [6.45, 7) is 13.1. The first-order valence-corrected chi connectivity index (χ1v) is 19.3. The molecular formula is C40H45F3N12O6. The predicted octanol–water partition coefficient (Wildman–Crippen LogP) is 4.76. The summed E-state index contributed by atoms with van der Waals surface area (Å²) in [5, 5.41) is 22.0. The number of fused-ring (bicyclic) bond motifs is 2. The molecule has 7 rings (SSSR count). The van der Waals surface area contributed by atoms with E-state index in [0.717, 1.165) is 41.1 Å². The minimum absolute atomic E-state index is 0.298. The molecular weight excluding hydrogens is 802 g/mol. The molecule has 0 atom stereocenters. The lowest BCUT2D eigenvalue weighted by Gasteiger charge is -2.27. The molecule has 0 radical (unpaired) electrons. The van der Waals surface area contributed by atoms with Gasteiger partial charge in [-0.2, -0.15) is 23.4 Å². The van der Waals surface area contributed by atoms with Gasteiger partial charge < -0.3 is 24.7 Å². The number of hydrogen-bond donors (Lipinski definition) is 4. The third-order valence-corrected chi connectivity index (χ3v) is 9.69. The molecule has 18 nitrogen and oxygen atoms in total. The molecule has 0 aliphatic carbocycles. The van der Waals surface area contributed by atoms with Gasteiger partial charge >= 0.3 is 12.1 Å². The zero-order valence-electron chi connectivity index (χ0n) is 33.9. The number of hydrogen-bond acceptors (Lipinski definition) is 10. The van der Waals surface area contributed by atoms with Crippen LogP contribution < -0.4 is 16.4 Å². The highest BCUT2D eigenvalue weighted by molar-refractivity contribution is 6.04. The number of anilines is 2. The number of aliphatic carboxylic acids is 1. The Morgan fingerprint density at radius 2 is 1.36 bits per heavy atom. The second-order valence-corrected chi connectivity index (χ2v) is 14.0. The SMILES string of the molecule is CCn1nc(C)cc1C(=O)Nc1nc2cc(C(N)=O)ccc2n1C/C=C/Cn1c(NC(=O)c2cc(C)nn2CC)nc2cccc(CN3CCOCC3)c21.O=C(O)C(F)(F)F. The molecule has 5 N–H and O–H groups in total. The number of carboxylic acid groups (broad SMARTS) is 1. The summed E-state index contributed by atoms with van der Waals surface area (Å²) in [7, 11) is 0. The first-order valence-electron chi connectivity index (χ1n) is 19.3. The van der Waals surface area contributed by atoms with E-state index in [1.54, 1.807) is 39.7 Å². The third kappa shape index (κ3) is 10.1. The number of carbonyl (C=O) groups is 4. The zero-order valence-corrected chi connectivity index (χ0v) is 33.9. The molecule has 6 aromatic rings. The number of carbonyl (C=O) groups excluding carboxylic acids is 3. The van der Waals surface area contributed by atoms with Crippen molar-refractivity contribution >= 4 is 57.7 Å². The number of aromatic nitrogens is 8. The molecule has 1 aliphatic heterocycles. The summed E-state index contributed by atoms with van der Waals surface area (Å²) in [4.78, 5) is 59.9. The second-order valence-electron chi connectivity index (χ2n) is 14.0. The maximum Gasteiger partial charge on any atom is 0.490 e. The standard InChI is InChI=1S/C38H44N12O4.C2HF3O2/c1-5-49-31(20-24(3)44-49)35(52)42-37-41-29-22-26(34(39)51)12-13-30(29)47(37)14-7-8-15-48-33-27(23-46-16-18-54-19-17-46)10-9-11-28(33)40-38(48)43-36(53)32-21-25(4)45-50(32)6-2;3-2(4,5)1(6)7/h7-13,20-22H,5-6,14-19,23H2,1-4H3,(H2,39,51)(H,40,43,53)(H,41,42,52);(H,6,7)/b8-7+;. The number of rotatable bonds is 13. The number of nitrogens with zero attached hydrogens (tertiary/aromatic N) is 9. The molecule has 0 unspecified atom stereocenters. The molecule has 2 aromatic carbocycles. The van der Waals surface area contributed by atoms with Crippen molar-refractivity contribution in [3.05, 3.63) is 94.6 Å². The van der Waals surface area contributed by atoms with E-state index in [4.69, 9.17) is 25.4 Å². The fourth-order valence-electron chi connectivity index (χ4n) is 6.85. The normalized spacial score (nSPS) is 13.4. The minimum atomic E-state index is -5.08. The maximum atomic E-state index is 13.6. The molecule has 5 heterocycles. The number of amides is 3. The average molecular weight is 847 g/mol. The highest BCUT2D eigenvalue weighted by Crippen LogP contribution is 2.27. The van der Waals surface area contributed by atoms with Crippen LogP contribution in [-0.4, -0.2) is 105 Å². The Bertz CT molecular complexity index is 2620. The van der Waals surface area contributed by atoms with Gasteiger partial charge in [-0.15, -0.1) is 0 Å². The Hall–Kier alpha value is -6.87. The highest BCUT2D eigenvalue weighted by Gasteiger charge is 2.38. The van der Waals surface area contributed by atoms with Gasteiger partial charge in [0.25, 0.3) is 11.8 Å². The van der Waals surface area contributed by atoms with E-state index in [2.05, 4.69) is 36.8 Å². The number of nitrogens with one attached hydrogen (secondary N) is 2. The number of carboxylic acids is 1. The van der Waals surface area contributed by atoms with Crippen molar-refractivity contribution in [1.29, 1.82) is 0 Å². The van der Waals surface area contributed by atoms with Crippen molar-refractivity contribution in [2.45, 2.75) is 66.6 Å². The number of halogens is 3.